The summed E-state index contributed by atoms with van der Waals surface area (Å²) >= 11 is 0. The van der Waals surface area contributed by atoms with Crippen molar-refractivity contribution in [2.75, 3.05) is 6.54 Å². The van der Waals surface area contributed by atoms with Gasteiger partial charge in [0.1, 0.15) is 23.4 Å². The minimum Gasteiger partial charge on any atom is -0.508 e. The molecule has 0 spiro atoms. The Morgan fingerprint density at radius 2 is 1.82 bits per heavy atom. The fourth-order valence-electron chi connectivity index (χ4n) is 4.77. The van der Waals surface area contributed by atoms with E-state index in [1.54, 1.807) is 24.3 Å². The van der Waals surface area contributed by atoms with Crippen LogP contribution in [0.4, 0.5) is 0 Å². The standard InChI is InChI=1S/C28H25NO5/c1-17-14-21-15-20(10-11-23(21)34-17)26(31)24-25(19-8-5-9-22(30)16-19)29(28(33)27(24)32)13-12-18-6-3-2-4-7-18/h2-11,15-17,25,30-31H,12-14H2,1H3/b26-24+/t17-,25+/m0/s1. The maximum Gasteiger partial charge on any atom is 0.295 e. The van der Waals surface area contributed by atoms with Crippen LogP contribution in [0.25, 0.3) is 5.76 Å². The Bertz CT molecular complexity index is 1300. The van der Waals surface area contributed by atoms with Crippen LogP contribution in [-0.2, 0) is 22.4 Å². The number of ketones is 1. The van der Waals surface area contributed by atoms with Crippen LogP contribution in [0, 0.1) is 0 Å². The van der Waals surface area contributed by atoms with Crippen molar-refractivity contribution in [1.82, 2.24) is 4.90 Å². The molecule has 0 unspecified atom stereocenters. The van der Waals surface area contributed by atoms with Gasteiger partial charge in [-0.2, -0.15) is 0 Å². The third kappa shape index (κ3) is 3.92. The summed E-state index contributed by atoms with van der Waals surface area (Å²) in [6.45, 7) is 2.26. The average molecular weight is 456 g/mol. The SMILES string of the molecule is C[C@H]1Cc2cc(/C(O)=C3\C(=O)C(=O)N(CCc4ccccc4)[C@@H]3c3cccc(O)c3)ccc2O1. The number of hydrogen-bond donors (Lipinski definition) is 2. The normalized spacial score (nSPS) is 20.9. The molecule has 2 heterocycles. The second kappa shape index (κ2) is 8.71. The number of aliphatic hydroxyl groups excluding tert-OH is 1. The van der Waals surface area contributed by atoms with Gasteiger partial charge < -0.3 is 19.8 Å². The molecular weight excluding hydrogens is 430 g/mol. The van der Waals surface area contributed by atoms with Gasteiger partial charge in [0.05, 0.1) is 11.6 Å². The Morgan fingerprint density at radius 3 is 2.59 bits per heavy atom. The molecule has 1 amide bonds. The van der Waals surface area contributed by atoms with Crippen molar-refractivity contribution in [1.29, 1.82) is 0 Å². The first kappa shape index (κ1) is 21.8. The Morgan fingerprint density at radius 1 is 1.03 bits per heavy atom. The van der Waals surface area contributed by atoms with Gasteiger partial charge in [0.15, 0.2) is 0 Å². The van der Waals surface area contributed by atoms with Crippen LogP contribution in [-0.4, -0.2) is 39.5 Å². The highest BCUT2D eigenvalue weighted by Gasteiger charge is 2.46. The number of likely N-dealkylation sites (tertiary alicyclic amines) is 1. The second-order valence-electron chi connectivity index (χ2n) is 8.78. The molecule has 0 radical (unpaired) electrons. The van der Waals surface area contributed by atoms with Gasteiger partial charge in [-0.05, 0) is 60.4 Å². The number of ether oxygens (including phenoxy) is 1. The number of hydrogen-bond acceptors (Lipinski definition) is 5. The molecule has 2 aliphatic heterocycles. The number of carbonyl (C=O) groups excluding carboxylic acids is 2. The van der Waals surface area contributed by atoms with Crippen LogP contribution in [0.3, 0.4) is 0 Å². The predicted molar refractivity (Wildman–Crippen MR) is 127 cm³/mol. The number of aromatic hydroxyl groups is 1. The van der Waals surface area contributed by atoms with Crippen molar-refractivity contribution < 1.29 is 24.5 Å². The maximum atomic E-state index is 13.2. The molecule has 1 saturated heterocycles. The summed E-state index contributed by atoms with van der Waals surface area (Å²) in [5.74, 6) is -0.837. The van der Waals surface area contributed by atoms with Crippen LogP contribution in [0.2, 0.25) is 0 Å². The number of benzene rings is 3. The molecule has 5 rings (SSSR count). The summed E-state index contributed by atoms with van der Waals surface area (Å²) in [5, 5.41) is 21.4. The van der Waals surface area contributed by atoms with E-state index >= 15 is 0 Å². The molecule has 6 heteroatoms. The summed E-state index contributed by atoms with van der Waals surface area (Å²) in [7, 11) is 0. The summed E-state index contributed by atoms with van der Waals surface area (Å²) in [5.41, 5.74) is 3.03. The zero-order valence-corrected chi connectivity index (χ0v) is 18.8. The summed E-state index contributed by atoms with van der Waals surface area (Å²) in [6.07, 6.45) is 1.30. The molecule has 0 aliphatic carbocycles. The first-order valence-electron chi connectivity index (χ1n) is 11.3. The molecule has 34 heavy (non-hydrogen) atoms. The van der Waals surface area contributed by atoms with Crippen molar-refractivity contribution >= 4 is 17.4 Å². The molecule has 6 nitrogen and oxygen atoms in total. The molecule has 0 saturated carbocycles. The maximum absolute atomic E-state index is 13.2. The molecule has 2 N–H and O–H groups in total. The van der Waals surface area contributed by atoms with Gasteiger partial charge in [-0.3, -0.25) is 9.59 Å². The lowest BCUT2D eigenvalue weighted by Gasteiger charge is -2.25. The van der Waals surface area contributed by atoms with Crippen molar-refractivity contribution in [2.24, 2.45) is 0 Å². The Hall–Kier alpha value is -4.06. The Kier molecular flexibility index (Phi) is 5.57. The average Bonchev–Trinajstić information content (AvgIpc) is 3.33. The van der Waals surface area contributed by atoms with Crippen LogP contribution < -0.4 is 4.74 Å². The molecular formula is C28H25NO5. The number of phenols is 1. The third-order valence-corrected chi connectivity index (χ3v) is 6.38. The van der Waals surface area contributed by atoms with E-state index in [1.165, 1.54) is 17.0 Å². The van der Waals surface area contributed by atoms with Crippen LogP contribution >= 0.6 is 0 Å². The third-order valence-electron chi connectivity index (χ3n) is 6.38. The minimum atomic E-state index is -0.806. The van der Waals surface area contributed by atoms with E-state index < -0.39 is 17.7 Å². The molecule has 0 bridgehead atoms. The van der Waals surface area contributed by atoms with E-state index in [1.807, 2.05) is 43.3 Å². The number of nitrogens with zero attached hydrogens (tertiary/aromatic N) is 1. The summed E-state index contributed by atoms with van der Waals surface area (Å²) in [6, 6.07) is 20.7. The summed E-state index contributed by atoms with van der Waals surface area (Å²) < 4.78 is 5.75. The fraction of sp³-hybridized carbons (Fsp3) is 0.214. The van der Waals surface area contributed by atoms with Gasteiger partial charge in [0, 0.05) is 18.5 Å². The predicted octanol–water partition coefficient (Wildman–Crippen LogP) is 4.38. The van der Waals surface area contributed by atoms with Gasteiger partial charge in [0.2, 0.25) is 0 Å². The first-order valence-corrected chi connectivity index (χ1v) is 11.3. The topological polar surface area (TPSA) is 87.1 Å². The quantitative estimate of drug-likeness (QED) is 0.339. The van der Waals surface area contributed by atoms with E-state index in [0.29, 0.717) is 30.5 Å². The smallest absolute Gasteiger partial charge is 0.295 e. The second-order valence-corrected chi connectivity index (χ2v) is 8.78. The summed E-state index contributed by atoms with van der Waals surface area (Å²) in [4.78, 5) is 27.8. The number of fused-ring (bicyclic) bond motifs is 1. The van der Waals surface area contributed by atoms with E-state index in [2.05, 4.69) is 0 Å². The largest absolute Gasteiger partial charge is 0.508 e. The lowest BCUT2D eigenvalue weighted by atomic mass is 9.94. The van der Waals surface area contributed by atoms with Crippen molar-refractivity contribution in [3.63, 3.8) is 0 Å². The van der Waals surface area contributed by atoms with E-state index in [9.17, 15) is 19.8 Å². The van der Waals surface area contributed by atoms with Gasteiger partial charge in [-0.15, -0.1) is 0 Å². The number of Topliss-reactive ketones (excluding diaryl/α,β-unsaturated/α-hetero) is 1. The molecule has 172 valence electrons. The Labute approximate surface area is 197 Å². The van der Waals surface area contributed by atoms with Crippen LogP contribution in [0.1, 0.15) is 35.2 Å². The molecule has 2 atom stereocenters. The molecule has 2 aliphatic rings. The molecule has 3 aromatic carbocycles. The van der Waals surface area contributed by atoms with E-state index in [4.69, 9.17) is 4.74 Å². The zero-order chi connectivity index (χ0) is 23.8. The highest BCUT2D eigenvalue weighted by atomic mass is 16.5. The number of aliphatic hydroxyl groups is 1. The number of amides is 1. The Balaban J connectivity index is 1.58. The zero-order valence-electron chi connectivity index (χ0n) is 18.8. The van der Waals surface area contributed by atoms with Crippen LogP contribution in [0.15, 0.2) is 78.4 Å². The molecule has 0 aromatic heterocycles. The fourth-order valence-corrected chi connectivity index (χ4v) is 4.77. The van der Waals surface area contributed by atoms with Crippen LogP contribution in [0.5, 0.6) is 11.5 Å². The van der Waals surface area contributed by atoms with E-state index in [-0.39, 0.29) is 23.2 Å². The highest BCUT2D eigenvalue weighted by Crippen LogP contribution is 2.41. The lowest BCUT2D eigenvalue weighted by Crippen LogP contribution is -2.31. The minimum absolute atomic E-state index is 0.0230. The van der Waals surface area contributed by atoms with Gasteiger partial charge in [0.25, 0.3) is 11.7 Å². The van der Waals surface area contributed by atoms with Crippen molar-refractivity contribution in [3.8, 4) is 11.5 Å². The molecule has 1 fully saturated rings. The first-order chi connectivity index (χ1) is 16.4. The number of carbonyl (C=O) groups is 2. The lowest BCUT2D eigenvalue weighted by molar-refractivity contribution is -0.139. The van der Waals surface area contributed by atoms with Crippen molar-refractivity contribution in [3.05, 3.63) is 101 Å². The highest BCUT2D eigenvalue weighted by molar-refractivity contribution is 6.46. The number of rotatable bonds is 5. The monoisotopic (exact) mass is 455 g/mol. The van der Waals surface area contributed by atoms with E-state index in [0.717, 1.165) is 16.9 Å². The van der Waals surface area contributed by atoms with Crippen molar-refractivity contribution in [2.45, 2.75) is 31.9 Å². The number of phenolic OH excluding ortho intramolecular Hbond substituents is 1. The van der Waals surface area contributed by atoms with Gasteiger partial charge in [-0.1, -0.05) is 42.5 Å². The van der Waals surface area contributed by atoms with Gasteiger partial charge in [-0.25, -0.2) is 0 Å². The molecule has 3 aromatic rings. The van der Waals surface area contributed by atoms with Gasteiger partial charge >= 0.3 is 0 Å².